The Bertz CT molecular complexity index is 303. The Morgan fingerprint density at radius 3 is 2.85 bits per heavy atom. The smallest absolute Gasteiger partial charge is 0.0346 e. The van der Waals surface area contributed by atoms with E-state index in [4.69, 9.17) is 5.73 Å². The lowest BCUT2D eigenvalue weighted by atomic mass is 10.2. The molecular formula is C11H16N2. The second-order valence-corrected chi connectivity index (χ2v) is 3.02. The van der Waals surface area contributed by atoms with Gasteiger partial charge in [-0.15, -0.1) is 0 Å². The minimum Gasteiger partial charge on any atom is -0.399 e. The Hall–Kier alpha value is -1.44. The van der Waals surface area contributed by atoms with Crippen molar-refractivity contribution >= 4 is 11.4 Å². The van der Waals surface area contributed by atoms with E-state index in [-0.39, 0.29) is 0 Å². The largest absolute Gasteiger partial charge is 0.399 e. The summed E-state index contributed by atoms with van der Waals surface area (Å²) in [4.78, 5) is 0. The van der Waals surface area contributed by atoms with Crippen molar-refractivity contribution in [3.63, 3.8) is 0 Å². The zero-order valence-electron chi connectivity index (χ0n) is 8.17. The minimum absolute atomic E-state index is 0.844. The molecule has 0 fully saturated rings. The minimum atomic E-state index is 0.844. The summed E-state index contributed by atoms with van der Waals surface area (Å²) in [5.74, 6) is 0. The average molecular weight is 176 g/mol. The van der Waals surface area contributed by atoms with E-state index in [1.54, 1.807) is 0 Å². The van der Waals surface area contributed by atoms with Gasteiger partial charge in [0.25, 0.3) is 0 Å². The third-order valence-corrected chi connectivity index (χ3v) is 1.93. The third-order valence-electron chi connectivity index (χ3n) is 1.93. The molecule has 0 bridgehead atoms. The lowest BCUT2D eigenvalue weighted by Crippen LogP contribution is -1.99. The van der Waals surface area contributed by atoms with E-state index in [2.05, 4.69) is 17.5 Å². The fraction of sp³-hybridized carbons (Fsp3) is 0.273. The molecule has 0 amide bonds. The van der Waals surface area contributed by atoms with Crippen LogP contribution in [0.2, 0.25) is 0 Å². The molecule has 0 aliphatic carbocycles. The molecule has 0 unspecified atom stereocenters. The summed E-state index contributed by atoms with van der Waals surface area (Å²) >= 11 is 0. The number of hydrogen-bond donors (Lipinski definition) is 2. The van der Waals surface area contributed by atoms with Gasteiger partial charge in [-0.05, 0) is 37.6 Å². The van der Waals surface area contributed by atoms with Gasteiger partial charge in [0.05, 0.1) is 0 Å². The van der Waals surface area contributed by atoms with Gasteiger partial charge in [0.15, 0.2) is 0 Å². The predicted octanol–water partition coefficient (Wildman–Crippen LogP) is 2.57. The molecule has 2 heteroatoms. The van der Waals surface area contributed by atoms with Crippen LogP contribution in [-0.2, 0) is 0 Å². The van der Waals surface area contributed by atoms with Crippen LogP contribution in [0.4, 0.5) is 11.4 Å². The maximum Gasteiger partial charge on any atom is 0.0346 e. The number of benzene rings is 1. The molecule has 0 aliphatic rings. The van der Waals surface area contributed by atoms with E-state index in [9.17, 15) is 0 Å². The monoisotopic (exact) mass is 176 g/mol. The molecule has 0 aliphatic heterocycles. The lowest BCUT2D eigenvalue weighted by molar-refractivity contribution is 1.31. The third kappa shape index (κ3) is 2.82. The van der Waals surface area contributed by atoms with Gasteiger partial charge in [-0.25, -0.2) is 0 Å². The van der Waals surface area contributed by atoms with Crippen molar-refractivity contribution in [2.75, 3.05) is 17.6 Å². The Morgan fingerprint density at radius 1 is 1.46 bits per heavy atom. The molecular weight excluding hydrogens is 160 g/mol. The zero-order chi connectivity index (χ0) is 9.68. The van der Waals surface area contributed by atoms with E-state index in [0.717, 1.165) is 23.5 Å². The summed E-state index contributed by atoms with van der Waals surface area (Å²) in [7, 11) is 0. The van der Waals surface area contributed by atoms with Crippen molar-refractivity contribution in [3.8, 4) is 0 Å². The van der Waals surface area contributed by atoms with Crippen molar-refractivity contribution in [3.05, 3.63) is 35.9 Å². The van der Waals surface area contributed by atoms with Crippen LogP contribution in [-0.4, -0.2) is 6.54 Å². The molecule has 1 aromatic carbocycles. The predicted molar refractivity (Wildman–Crippen MR) is 58.9 cm³/mol. The number of rotatable bonds is 3. The number of nitrogens with two attached hydrogens (primary N) is 1. The van der Waals surface area contributed by atoms with Crippen LogP contribution in [0, 0.1) is 6.92 Å². The first-order valence-electron chi connectivity index (χ1n) is 4.45. The van der Waals surface area contributed by atoms with Gasteiger partial charge in [-0.3, -0.25) is 0 Å². The van der Waals surface area contributed by atoms with Gasteiger partial charge >= 0.3 is 0 Å². The van der Waals surface area contributed by atoms with Gasteiger partial charge in [0, 0.05) is 17.9 Å². The second kappa shape index (κ2) is 4.55. The average Bonchev–Trinajstić information content (AvgIpc) is 2.12. The first-order valence-corrected chi connectivity index (χ1v) is 4.45. The van der Waals surface area contributed by atoms with Crippen LogP contribution in [0.1, 0.15) is 12.5 Å². The quantitative estimate of drug-likeness (QED) is 0.548. The summed E-state index contributed by atoms with van der Waals surface area (Å²) in [6.45, 7) is 4.88. The fourth-order valence-corrected chi connectivity index (χ4v) is 1.08. The molecule has 0 aromatic heterocycles. The van der Waals surface area contributed by atoms with Crippen LogP contribution in [0.3, 0.4) is 0 Å². The lowest BCUT2D eigenvalue weighted by Gasteiger charge is -2.05. The molecule has 3 N–H and O–H groups in total. The van der Waals surface area contributed by atoms with Crippen molar-refractivity contribution < 1.29 is 0 Å². The molecule has 0 heterocycles. The maximum absolute atomic E-state index is 5.70. The first kappa shape index (κ1) is 9.65. The van der Waals surface area contributed by atoms with Crippen molar-refractivity contribution in [1.82, 2.24) is 0 Å². The number of hydrogen-bond acceptors (Lipinski definition) is 2. The number of anilines is 2. The molecule has 13 heavy (non-hydrogen) atoms. The standard InChI is InChI=1S/C11H16N2/c1-3-4-7-13-10-5-6-11(12)9(2)8-10/h3-6,8,13H,7,12H2,1-2H3/b4-3+. The van der Waals surface area contributed by atoms with E-state index >= 15 is 0 Å². The molecule has 2 nitrogen and oxygen atoms in total. The Kier molecular flexibility index (Phi) is 3.38. The van der Waals surface area contributed by atoms with Crippen molar-refractivity contribution in [2.24, 2.45) is 0 Å². The van der Waals surface area contributed by atoms with Crippen LogP contribution < -0.4 is 11.1 Å². The molecule has 70 valence electrons. The van der Waals surface area contributed by atoms with Gasteiger partial charge in [-0.1, -0.05) is 12.2 Å². The van der Waals surface area contributed by atoms with Crippen LogP contribution in [0.15, 0.2) is 30.4 Å². The highest BCUT2D eigenvalue weighted by Gasteiger charge is 1.94. The SMILES string of the molecule is C/C=C/CNc1ccc(N)c(C)c1. The summed E-state index contributed by atoms with van der Waals surface area (Å²) in [5.41, 5.74) is 8.78. The maximum atomic E-state index is 5.70. The molecule has 1 aromatic rings. The Labute approximate surface area is 79.5 Å². The molecule has 0 atom stereocenters. The van der Waals surface area contributed by atoms with Crippen LogP contribution in [0.25, 0.3) is 0 Å². The van der Waals surface area contributed by atoms with Gasteiger partial charge < -0.3 is 11.1 Å². The van der Waals surface area contributed by atoms with Crippen molar-refractivity contribution in [2.45, 2.75) is 13.8 Å². The van der Waals surface area contributed by atoms with Gasteiger partial charge in [-0.2, -0.15) is 0 Å². The Balaban J connectivity index is 2.63. The highest BCUT2D eigenvalue weighted by Crippen LogP contribution is 2.15. The number of nitrogens with one attached hydrogen (secondary N) is 1. The number of allylic oxidation sites excluding steroid dienone is 1. The van der Waals surface area contributed by atoms with Gasteiger partial charge in [0.1, 0.15) is 0 Å². The molecule has 0 saturated heterocycles. The van der Waals surface area contributed by atoms with Gasteiger partial charge in [0.2, 0.25) is 0 Å². The highest BCUT2D eigenvalue weighted by atomic mass is 14.9. The molecule has 0 spiro atoms. The van der Waals surface area contributed by atoms with E-state index in [0.29, 0.717) is 0 Å². The normalized spacial score (nSPS) is 10.6. The van der Waals surface area contributed by atoms with E-state index < -0.39 is 0 Å². The summed E-state index contributed by atoms with van der Waals surface area (Å²) in [6.07, 6.45) is 4.10. The Morgan fingerprint density at radius 2 is 2.23 bits per heavy atom. The summed E-state index contributed by atoms with van der Waals surface area (Å²) in [5, 5.41) is 3.27. The topological polar surface area (TPSA) is 38.0 Å². The van der Waals surface area contributed by atoms with E-state index in [1.807, 2.05) is 32.1 Å². The van der Waals surface area contributed by atoms with Crippen LogP contribution >= 0.6 is 0 Å². The first-order chi connectivity index (χ1) is 6.24. The number of aryl methyl sites for hydroxylation is 1. The van der Waals surface area contributed by atoms with Crippen LogP contribution in [0.5, 0.6) is 0 Å². The highest BCUT2D eigenvalue weighted by molar-refractivity contribution is 5.56. The van der Waals surface area contributed by atoms with E-state index in [1.165, 1.54) is 0 Å². The summed E-state index contributed by atoms with van der Waals surface area (Å²) in [6, 6.07) is 5.97. The molecule has 0 saturated carbocycles. The zero-order valence-corrected chi connectivity index (χ0v) is 8.17. The second-order valence-electron chi connectivity index (χ2n) is 3.02. The summed E-state index contributed by atoms with van der Waals surface area (Å²) < 4.78 is 0. The molecule has 0 radical (unpaired) electrons. The number of nitrogen functional groups attached to an aromatic ring is 1. The van der Waals surface area contributed by atoms with Crippen molar-refractivity contribution in [1.29, 1.82) is 0 Å². The molecule has 1 rings (SSSR count). The fourth-order valence-electron chi connectivity index (χ4n) is 1.08.